The molecule has 4 nitrogen and oxygen atoms in total. The van der Waals surface area contributed by atoms with Crippen LogP contribution in [0.5, 0.6) is 5.75 Å². The minimum absolute atomic E-state index is 0.281. The molecule has 0 aliphatic carbocycles. The molecule has 0 spiro atoms. The fraction of sp³-hybridized carbons (Fsp3) is 0.250. The first kappa shape index (κ1) is 7.09. The molecular formula is C8H10N2O2. The Morgan fingerprint density at radius 1 is 1.50 bits per heavy atom. The number of aromatic nitrogens is 2. The zero-order valence-corrected chi connectivity index (χ0v) is 6.98. The Labute approximate surface area is 69.5 Å². The Kier molecular flexibility index (Phi) is 1.30. The summed E-state index contributed by atoms with van der Waals surface area (Å²) in [5.74, 6) is 0.281. The van der Waals surface area contributed by atoms with Gasteiger partial charge in [0.2, 0.25) is 0 Å². The van der Waals surface area contributed by atoms with Crippen LogP contribution in [-0.4, -0.2) is 21.5 Å². The standard InChI is InChI=1S/C8H10N2O2/c1-9-5-7(11)6-3-4-10(12-2)8(6)9/h3-5,11H,1-2H3. The van der Waals surface area contributed by atoms with E-state index >= 15 is 0 Å². The predicted octanol–water partition coefficient (Wildman–Crippen LogP) is 0.744. The van der Waals surface area contributed by atoms with E-state index in [4.69, 9.17) is 4.84 Å². The second-order valence-electron chi connectivity index (χ2n) is 2.69. The molecule has 0 aromatic carbocycles. The van der Waals surface area contributed by atoms with Crippen LogP contribution in [0, 0.1) is 0 Å². The third-order valence-corrected chi connectivity index (χ3v) is 1.95. The van der Waals surface area contributed by atoms with Gasteiger partial charge in [0.25, 0.3) is 0 Å². The van der Waals surface area contributed by atoms with Gasteiger partial charge in [-0.25, -0.2) is 0 Å². The molecule has 0 aliphatic heterocycles. The molecule has 0 bridgehead atoms. The lowest BCUT2D eigenvalue weighted by atomic mass is 10.4. The highest BCUT2D eigenvalue weighted by Crippen LogP contribution is 2.26. The van der Waals surface area contributed by atoms with Crippen molar-refractivity contribution in [3.8, 4) is 5.75 Å². The molecule has 2 aromatic heterocycles. The minimum atomic E-state index is 0.281. The van der Waals surface area contributed by atoms with Gasteiger partial charge in [0.1, 0.15) is 12.9 Å². The monoisotopic (exact) mass is 166 g/mol. The lowest BCUT2D eigenvalue weighted by Gasteiger charge is -2.01. The first-order chi connectivity index (χ1) is 5.74. The summed E-state index contributed by atoms with van der Waals surface area (Å²) in [6.45, 7) is 0. The van der Waals surface area contributed by atoms with Crippen molar-refractivity contribution in [2.75, 3.05) is 7.11 Å². The van der Waals surface area contributed by atoms with Crippen molar-refractivity contribution in [3.63, 3.8) is 0 Å². The molecule has 0 fully saturated rings. The normalized spacial score (nSPS) is 10.8. The average molecular weight is 166 g/mol. The summed E-state index contributed by atoms with van der Waals surface area (Å²) in [6, 6.07) is 1.81. The number of aryl methyl sites for hydroxylation is 1. The summed E-state index contributed by atoms with van der Waals surface area (Å²) in [4.78, 5) is 5.05. The van der Waals surface area contributed by atoms with Gasteiger partial charge in [-0.2, -0.15) is 4.73 Å². The SMILES string of the molecule is COn1ccc2c(O)cn(C)c21. The van der Waals surface area contributed by atoms with E-state index in [-0.39, 0.29) is 5.75 Å². The van der Waals surface area contributed by atoms with E-state index in [0.717, 1.165) is 11.0 Å². The third kappa shape index (κ3) is 0.717. The van der Waals surface area contributed by atoms with Crippen LogP contribution < -0.4 is 4.84 Å². The van der Waals surface area contributed by atoms with Gasteiger partial charge < -0.3 is 14.5 Å². The Balaban J connectivity index is 2.84. The number of hydrogen-bond donors (Lipinski definition) is 1. The number of aromatic hydroxyl groups is 1. The van der Waals surface area contributed by atoms with Gasteiger partial charge in [-0.3, -0.25) is 0 Å². The maximum atomic E-state index is 9.41. The zero-order valence-electron chi connectivity index (χ0n) is 6.98. The zero-order chi connectivity index (χ0) is 8.72. The molecule has 0 aliphatic rings. The van der Waals surface area contributed by atoms with Gasteiger partial charge in [0.15, 0.2) is 5.65 Å². The van der Waals surface area contributed by atoms with Crippen molar-refractivity contribution in [1.82, 2.24) is 9.30 Å². The Morgan fingerprint density at radius 2 is 2.25 bits per heavy atom. The van der Waals surface area contributed by atoms with Crippen molar-refractivity contribution in [1.29, 1.82) is 0 Å². The molecular weight excluding hydrogens is 156 g/mol. The molecule has 0 amide bonds. The average Bonchev–Trinajstić information content (AvgIpc) is 2.55. The third-order valence-electron chi connectivity index (χ3n) is 1.95. The van der Waals surface area contributed by atoms with Crippen LogP contribution in [0.2, 0.25) is 0 Å². The number of nitrogens with zero attached hydrogens (tertiary/aromatic N) is 2. The van der Waals surface area contributed by atoms with Crippen molar-refractivity contribution >= 4 is 11.0 Å². The molecule has 1 N–H and O–H groups in total. The fourth-order valence-electron chi connectivity index (χ4n) is 1.41. The van der Waals surface area contributed by atoms with Crippen LogP contribution in [0.1, 0.15) is 0 Å². The van der Waals surface area contributed by atoms with E-state index in [9.17, 15) is 5.11 Å². The maximum Gasteiger partial charge on any atom is 0.159 e. The smallest absolute Gasteiger partial charge is 0.159 e. The summed E-state index contributed by atoms with van der Waals surface area (Å²) in [7, 11) is 3.45. The van der Waals surface area contributed by atoms with Crippen molar-refractivity contribution < 1.29 is 9.94 Å². The molecule has 2 aromatic rings. The molecule has 4 heteroatoms. The molecule has 12 heavy (non-hydrogen) atoms. The van der Waals surface area contributed by atoms with Crippen LogP contribution in [0.25, 0.3) is 11.0 Å². The summed E-state index contributed by atoms with van der Waals surface area (Å²) >= 11 is 0. The Bertz CT molecular complexity index is 414. The van der Waals surface area contributed by atoms with E-state index in [0.29, 0.717) is 0 Å². The van der Waals surface area contributed by atoms with Crippen molar-refractivity contribution in [3.05, 3.63) is 18.5 Å². The quantitative estimate of drug-likeness (QED) is 0.678. The van der Waals surface area contributed by atoms with E-state index in [1.54, 1.807) is 24.2 Å². The lowest BCUT2D eigenvalue weighted by Crippen LogP contribution is -2.05. The highest BCUT2D eigenvalue weighted by molar-refractivity contribution is 5.84. The Hall–Kier alpha value is -1.58. The topological polar surface area (TPSA) is 39.3 Å². The lowest BCUT2D eigenvalue weighted by molar-refractivity contribution is 0.176. The van der Waals surface area contributed by atoms with Crippen LogP contribution in [0.3, 0.4) is 0 Å². The minimum Gasteiger partial charge on any atom is -0.506 e. The van der Waals surface area contributed by atoms with Crippen LogP contribution in [0.4, 0.5) is 0 Å². The fourth-order valence-corrected chi connectivity index (χ4v) is 1.41. The maximum absolute atomic E-state index is 9.41. The largest absolute Gasteiger partial charge is 0.506 e. The molecule has 0 radical (unpaired) electrons. The molecule has 2 heterocycles. The second kappa shape index (κ2) is 2.20. The summed E-state index contributed by atoms with van der Waals surface area (Å²) in [5, 5.41) is 10.2. The predicted molar refractivity (Wildman–Crippen MR) is 45.1 cm³/mol. The van der Waals surface area contributed by atoms with E-state index in [1.165, 1.54) is 0 Å². The van der Waals surface area contributed by atoms with Gasteiger partial charge in [0.05, 0.1) is 5.39 Å². The second-order valence-corrected chi connectivity index (χ2v) is 2.69. The van der Waals surface area contributed by atoms with Gasteiger partial charge in [0, 0.05) is 19.4 Å². The highest BCUT2D eigenvalue weighted by atomic mass is 16.6. The van der Waals surface area contributed by atoms with Crippen LogP contribution in [-0.2, 0) is 7.05 Å². The van der Waals surface area contributed by atoms with Gasteiger partial charge in [-0.1, -0.05) is 0 Å². The van der Waals surface area contributed by atoms with Crippen molar-refractivity contribution in [2.45, 2.75) is 0 Å². The molecule has 2 rings (SSSR count). The molecule has 0 unspecified atom stereocenters. The first-order valence-corrected chi connectivity index (χ1v) is 3.64. The van der Waals surface area contributed by atoms with E-state index in [2.05, 4.69) is 0 Å². The molecule has 0 atom stereocenters. The van der Waals surface area contributed by atoms with Gasteiger partial charge in [-0.15, -0.1) is 0 Å². The summed E-state index contributed by atoms with van der Waals surface area (Å²) in [5.41, 5.74) is 0.856. The summed E-state index contributed by atoms with van der Waals surface area (Å²) < 4.78 is 3.42. The van der Waals surface area contributed by atoms with Gasteiger partial charge >= 0.3 is 0 Å². The number of fused-ring (bicyclic) bond motifs is 1. The van der Waals surface area contributed by atoms with E-state index in [1.807, 2.05) is 17.7 Å². The highest BCUT2D eigenvalue weighted by Gasteiger charge is 2.09. The van der Waals surface area contributed by atoms with Crippen molar-refractivity contribution in [2.24, 2.45) is 7.05 Å². The van der Waals surface area contributed by atoms with E-state index < -0.39 is 0 Å². The van der Waals surface area contributed by atoms with Crippen LogP contribution in [0.15, 0.2) is 18.5 Å². The summed E-state index contributed by atoms with van der Waals surface area (Å²) in [6.07, 6.45) is 3.42. The van der Waals surface area contributed by atoms with Gasteiger partial charge in [-0.05, 0) is 6.07 Å². The molecule has 0 saturated heterocycles. The number of rotatable bonds is 1. The number of hydrogen-bond acceptors (Lipinski definition) is 2. The Morgan fingerprint density at radius 3 is 2.92 bits per heavy atom. The molecule has 64 valence electrons. The first-order valence-electron chi connectivity index (χ1n) is 3.64. The van der Waals surface area contributed by atoms with Crippen LogP contribution >= 0.6 is 0 Å². The molecule has 0 saturated carbocycles.